The average Bonchev–Trinajstić information content (AvgIpc) is 2.65. The summed E-state index contributed by atoms with van der Waals surface area (Å²) in [6.07, 6.45) is 1.42. The smallest absolute Gasteiger partial charge is 0.0902 e. The number of benzene rings is 3. The molecule has 0 fully saturated rings. The quantitative estimate of drug-likeness (QED) is 0.603. The second-order valence-corrected chi connectivity index (χ2v) is 6.88. The summed E-state index contributed by atoms with van der Waals surface area (Å²) in [5.41, 5.74) is 5.39. The normalized spacial score (nSPS) is 11.1. The van der Waals surface area contributed by atoms with Gasteiger partial charge in [0.15, 0.2) is 0 Å². The Balaban J connectivity index is 2.01. The summed E-state index contributed by atoms with van der Waals surface area (Å²) in [5, 5.41) is 10.2. The third-order valence-electron chi connectivity index (χ3n) is 4.79. The first kappa shape index (κ1) is 17.0. The molecule has 0 N–H and O–H groups in total. The van der Waals surface area contributed by atoms with Crippen molar-refractivity contribution in [2.75, 3.05) is 0 Å². The Kier molecular flexibility index (Phi) is 5.00. The Labute approximate surface area is 150 Å². The second kappa shape index (κ2) is 7.36. The molecule has 0 radical (unpaired) electrons. The SMILES string of the molecule is Cc1ccc(CC(C#N)(Cc2ccc(C)cc2)c2ccccc2)cc1. The number of hydrogen-bond donors (Lipinski definition) is 0. The number of aryl methyl sites for hydroxylation is 2. The van der Waals surface area contributed by atoms with Crippen LogP contribution in [0.5, 0.6) is 0 Å². The minimum absolute atomic E-state index is 0.564. The Morgan fingerprint density at radius 2 is 1.12 bits per heavy atom. The molecule has 3 aromatic rings. The lowest BCUT2D eigenvalue weighted by Gasteiger charge is -2.28. The largest absolute Gasteiger partial charge is 0.197 e. The van der Waals surface area contributed by atoms with Crippen molar-refractivity contribution in [1.82, 2.24) is 0 Å². The third kappa shape index (κ3) is 3.98. The molecule has 1 heteroatoms. The molecule has 0 aromatic heterocycles. The lowest BCUT2D eigenvalue weighted by atomic mass is 9.72. The van der Waals surface area contributed by atoms with Gasteiger partial charge >= 0.3 is 0 Å². The topological polar surface area (TPSA) is 23.8 Å². The molecule has 0 heterocycles. The fraction of sp³-hybridized carbons (Fsp3) is 0.208. The van der Waals surface area contributed by atoms with Gasteiger partial charge in [-0.15, -0.1) is 0 Å². The number of nitrogens with zero attached hydrogens (tertiary/aromatic N) is 1. The second-order valence-electron chi connectivity index (χ2n) is 6.88. The van der Waals surface area contributed by atoms with Crippen molar-refractivity contribution < 1.29 is 0 Å². The van der Waals surface area contributed by atoms with Gasteiger partial charge in [-0.3, -0.25) is 0 Å². The molecule has 0 spiro atoms. The van der Waals surface area contributed by atoms with Crippen LogP contribution in [0.25, 0.3) is 0 Å². The molecule has 1 nitrogen and oxygen atoms in total. The summed E-state index contributed by atoms with van der Waals surface area (Å²) in [4.78, 5) is 0. The molecule has 0 atom stereocenters. The molecular formula is C24H23N. The van der Waals surface area contributed by atoms with Crippen molar-refractivity contribution in [1.29, 1.82) is 5.26 Å². The van der Waals surface area contributed by atoms with Crippen molar-refractivity contribution in [2.45, 2.75) is 32.1 Å². The predicted molar refractivity (Wildman–Crippen MR) is 103 cm³/mol. The van der Waals surface area contributed by atoms with Crippen molar-refractivity contribution in [3.63, 3.8) is 0 Å². The van der Waals surface area contributed by atoms with Crippen molar-refractivity contribution >= 4 is 0 Å². The van der Waals surface area contributed by atoms with Gasteiger partial charge < -0.3 is 0 Å². The maximum Gasteiger partial charge on any atom is 0.0902 e. The third-order valence-corrected chi connectivity index (χ3v) is 4.79. The summed E-state index contributed by atoms with van der Waals surface area (Å²) in [6, 6.07) is 29.9. The average molecular weight is 325 g/mol. The summed E-state index contributed by atoms with van der Waals surface area (Å²) in [5.74, 6) is 0. The Bertz CT molecular complexity index is 805. The number of rotatable bonds is 5. The maximum absolute atomic E-state index is 10.2. The van der Waals surface area contributed by atoms with E-state index in [2.05, 4.69) is 80.6 Å². The fourth-order valence-electron chi connectivity index (χ4n) is 3.28. The molecule has 3 aromatic carbocycles. The van der Waals surface area contributed by atoms with Gasteiger partial charge in [0, 0.05) is 0 Å². The van der Waals surface area contributed by atoms with Crippen LogP contribution in [0.3, 0.4) is 0 Å². The molecule has 0 aliphatic rings. The van der Waals surface area contributed by atoms with Crippen LogP contribution in [0.4, 0.5) is 0 Å². The summed E-state index contributed by atoms with van der Waals surface area (Å²) in [7, 11) is 0. The van der Waals surface area contributed by atoms with Crippen LogP contribution in [0.15, 0.2) is 78.9 Å². The number of nitriles is 1. The molecule has 0 saturated carbocycles. The standard InChI is InChI=1S/C24H23N/c1-19-8-12-21(13-9-19)16-24(18-25,23-6-4-3-5-7-23)17-22-14-10-20(2)11-15-22/h3-15H,16-17H2,1-2H3. The molecule has 0 amide bonds. The minimum Gasteiger partial charge on any atom is -0.197 e. The Morgan fingerprint density at radius 1 is 0.680 bits per heavy atom. The van der Waals surface area contributed by atoms with E-state index in [9.17, 15) is 5.26 Å². The molecule has 0 saturated heterocycles. The van der Waals surface area contributed by atoms with Crippen molar-refractivity contribution in [2.24, 2.45) is 0 Å². The van der Waals surface area contributed by atoms with Crippen LogP contribution in [0.1, 0.15) is 27.8 Å². The van der Waals surface area contributed by atoms with Crippen LogP contribution >= 0.6 is 0 Å². The van der Waals surface area contributed by atoms with E-state index in [1.165, 1.54) is 22.3 Å². The van der Waals surface area contributed by atoms with E-state index in [0.29, 0.717) is 12.8 Å². The van der Waals surface area contributed by atoms with Gasteiger partial charge in [-0.2, -0.15) is 5.26 Å². The first-order valence-corrected chi connectivity index (χ1v) is 8.69. The van der Waals surface area contributed by atoms with Crippen LogP contribution < -0.4 is 0 Å². The zero-order chi connectivity index (χ0) is 17.7. The molecule has 25 heavy (non-hydrogen) atoms. The van der Waals surface area contributed by atoms with Crippen LogP contribution in [-0.4, -0.2) is 0 Å². The summed E-state index contributed by atoms with van der Waals surface area (Å²) in [6.45, 7) is 4.18. The van der Waals surface area contributed by atoms with Crippen LogP contribution in [-0.2, 0) is 18.3 Å². The van der Waals surface area contributed by atoms with E-state index < -0.39 is 5.41 Å². The first-order chi connectivity index (χ1) is 12.1. The molecule has 0 aliphatic heterocycles. The Hall–Kier alpha value is -2.85. The van der Waals surface area contributed by atoms with Crippen molar-refractivity contribution in [3.8, 4) is 6.07 Å². The molecule has 0 aliphatic carbocycles. The van der Waals surface area contributed by atoms with E-state index in [1.807, 2.05) is 18.2 Å². The molecule has 0 bridgehead atoms. The van der Waals surface area contributed by atoms with Gasteiger partial charge in [-0.25, -0.2) is 0 Å². The zero-order valence-electron chi connectivity index (χ0n) is 14.9. The van der Waals surface area contributed by atoms with Crippen LogP contribution in [0.2, 0.25) is 0 Å². The van der Waals surface area contributed by atoms with E-state index in [0.717, 1.165) is 5.56 Å². The predicted octanol–water partition coefficient (Wildman–Crippen LogP) is 5.55. The summed E-state index contributed by atoms with van der Waals surface area (Å²) < 4.78 is 0. The van der Waals surface area contributed by atoms with E-state index in [4.69, 9.17) is 0 Å². The van der Waals surface area contributed by atoms with E-state index in [1.54, 1.807) is 0 Å². The molecule has 0 unspecified atom stereocenters. The van der Waals surface area contributed by atoms with Crippen LogP contribution in [0, 0.1) is 25.2 Å². The monoisotopic (exact) mass is 325 g/mol. The van der Waals surface area contributed by atoms with E-state index in [-0.39, 0.29) is 0 Å². The van der Waals surface area contributed by atoms with Gasteiger partial charge in [-0.1, -0.05) is 90.0 Å². The molecule has 3 rings (SSSR count). The highest BCUT2D eigenvalue weighted by Gasteiger charge is 2.33. The van der Waals surface area contributed by atoms with Gasteiger partial charge in [0.2, 0.25) is 0 Å². The Morgan fingerprint density at radius 3 is 1.52 bits per heavy atom. The summed E-state index contributed by atoms with van der Waals surface area (Å²) >= 11 is 0. The highest BCUT2D eigenvalue weighted by molar-refractivity contribution is 5.39. The highest BCUT2D eigenvalue weighted by Crippen LogP contribution is 2.32. The van der Waals surface area contributed by atoms with Gasteiger partial charge in [0.1, 0.15) is 0 Å². The van der Waals surface area contributed by atoms with Gasteiger partial charge in [-0.05, 0) is 43.4 Å². The van der Waals surface area contributed by atoms with Crippen molar-refractivity contribution in [3.05, 3.63) is 107 Å². The maximum atomic E-state index is 10.2. The highest BCUT2D eigenvalue weighted by atomic mass is 14.4. The first-order valence-electron chi connectivity index (χ1n) is 8.69. The number of hydrogen-bond acceptors (Lipinski definition) is 1. The fourth-order valence-corrected chi connectivity index (χ4v) is 3.28. The zero-order valence-corrected chi connectivity index (χ0v) is 14.9. The molecular weight excluding hydrogens is 302 g/mol. The lowest BCUT2D eigenvalue weighted by molar-refractivity contribution is 0.541. The lowest BCUT2D eigenvalue weighted by Crippen LogP contribution is -2.30. The van der Waals surface area contributed by atoms with Gasteiger partial charge in [0.25, 0.3) is 0 Å². The minimum atomic E-state index is -0.564. The molecule has 124 valence electrons. The van der Waals surface area contributed by atoms with Gasteiger partial charge in [0.05, 0.1) is 11.5 Å². The van der Waals surface area contributed by atoms with E-state index >= 15 is 0 Å².